The van der Waals surface area contributed by atoms with Crippen molar-refractivity contribution in [3.05, 3.63) is 56.2 Å². The smallest absolute Gasteiger partial charge is 0.107 e. The lowest BCUT2D eigenvalue weighted by Crippen LogP contribution is -2.29. The van der Waals surface area contributed by atoms with E-state index in [9.17, 15) is 0 Å². The number of rotatable bonds is 6. The Bertz CT molecular complexity index is 558. The average Bonchev–Trinajstić information content (AvgIpc) is 2.87. The lowest BCUT2D eigenvalue weighted by molar-refractivity contribution is 0.0236. The minimum Gasteiger partial charge on any atom is -0.366 e. The van der Waals surface area contributed by atoms with E-state index in [1.807, 2.05) is 43.3 Å². The number of hydrogen-bond donors (Lipinski definition) is 1. The van der Waals surface area contributed by atoms with Gasteiger partial charge >= 0.3 is 0 Å². The summed E-state index contributed by atoms with van der Waals surface area (Å²) >= 11 is 13.6. The maximum Gasteiger partial charge on any atom is 0.107 e. The molecule has 2 N–H and O–H groups in total. The second-order valence-corrected chi connectivity index (χ2v) is 6.69. The summed E-state index contributed by atoms with van der Waals surface area (Å²) in [7, 11) is 0. The summed E-state index contributed by atoms with van der Waals surface area (Å²) in [4.78, 5) is 1.05. The normalized spacial score (nSPS) is 14.2. The van der Waals surface area contributed by atoms with Crippen LogP contribution in [0.3, 0.4) is 0 Å². The van der Waals surface area contributed by atoms with Crippen molar-refractivity contribution in [2.45, 2.75) is 32.1 Å². The van der Waals surface area contributed by atoms with Gasteiger partial charge in [-0.25, -0.2) is 0 Å². The largest absolute Gasteiger partial charge is 0.366 e. The predicted octanol–water partition coefficient (Wildman–Crippen LogP) is 5.05. The highest BCUT2D eigenvalue weighted by molar-refractivity contribution is 7.16. The summed E-state index contributed by atoms with van der Waals surface area (Å²) in [5.41, 5.74) is 7.13. The average molecular weight is 330 g/mol. The van der Waals surface area contributed by atoms with Crippen LogP contribution in [-0.4, -0.2) is 6.04 Å². The maximum absolute atomic E-state index is 6.17. The molecule has 108 valence electrons. The molecule has 0 aliphatic carbocycles. The monoisotopic (exact) mass is 329 g/mol. The Morgan fingerprint density at radius 2 is 1.95 bits per heavy atom. The Labute approximate surface area is 133 Å². The van der Waals surface area contributed by atoms with Crippen molar-refractivity contribution < 1.29 is 4.74 Å². The van der Waals surface area contributed by atoms with Crippen LogP contribution in [0, 0.1) is 0 Å². The van der Waals surface area contributed by atoms with Crippen molar-refractivity contribution in [3.63, 3.8) is 0 Å². The van der Waals surface area contributed by atoms with Gasteiger partial charge in [-0.3, -0.25) is 0 Å². The third kappa shape index (κ3) is 3.96. The lowest BCUT2D eigenvalue weighted by Gasteiger charge is -2.22. The number of ether oxygens (including phenoxy) is 1. The fourth-order valence-corrected chi connectivity index (χ4v) is 3.28. The van der Waals surface area contributed by atoms with Gasteiger partial charge in [0.1, 0.15) is 6.10 Å². The Morgan fingerprint density at radius 3 is 2.55 bits per heavy atom. The van der Waals surface area contributed by atoms with Crippen molar-refractivity contribution in [3.8, 4) is 0 Å². The van der Waals surface area contributed by atoms with Gasteiger partial charge in [-0.1, -0.05) is 48.3 Å². The molecule has 2 aromatic rings. The quantitative estimate of drug-likeness (QED) is 0.804. The van der Waals surface area contributed by atoms with E-state index in [4.69, 9.17) is 33.7 Å². The molecule has 0 saturated carbocycles. The lowest BCUT2D eigenvalue weighted by atomic mass is 10.1. The Morgan fingerprint density at radius 1 is 1.20 bits per heavy atom. The number of hydrogen-bond acceptors (Lipinski definition) is 3. The van der Waals surface area contributed by atoms with Crippen LogP contribution in [0.15, 0.2) is 36.4 Å². The molecule has 0 fully saturated rings. The van der Waals surface area contributed by atoms with E-state index in [0.29, 0.717) is 11.6 Å². The summed E-state index contributed by atoms with van der Waals surface area (Å²) in [6.45, 7) is 2.49. The van der Waals surface area contributed by atoms with Gasteiger partial charge in [0.05, 0.1) is 10.9 Å². The second kappa shape index (κ2) is 7.43. The zero-order chi connectivity index (χ0) is 14.5. The summed E-state index contributed by atoms with van der Waals surface area (Å²) in [5.74, 6) is 0. The van der Waals surface area contributed by atoms with Gasteiger partial charge in [-0.05, 0) is 30.2 Å². The van der Waals surface area contributed by atoms with Gasteiger partial charge in [0, 0.05) is 15.9 Å². The third-order valence-corrected chi connectivity index (χ3v) is 4.77. The number of nitrogens with two attached hydrogens (primary N) is 1. The van der Waals surface area contributed by atoms with Crippen molar-refractivity contribution >= 4 is 34.5 Å². The molecule has 0 aliphatic heterocycles. The first kappa shape index (κ1) is 15.8. The van der Waals surface area contributed by atoms with Crippen LogP contribution in [0.2, 0.25) is 9.36 Å². The molecule has 2 rings (SSSR count). The molecule has 1 heterocycles. The zero-order valence-electron chi connectivity index (χ0n) is 11.2. The Balaban J connectivity index is 2.11. The Kier molecular flexibility index (Phi) is 5.87. The molecule has 1 aromatic heterocycles. The van der Waals surface area contributed by atoms with Crippen molar-refractivity contribution in [1.29, 1.82) is 0 Å². The highest BCUT2D eigenvalue weighted by Crippen LogP contribution is 2.32. The van der Waals surface area contributed by atoms with E-state index in [2.05, 4.69) is 0 Å². The fourth-order valence-electron chi connectivity index (χ4n) is 1.91. The molecule has 20 heavy (non-hydrogen) atoms. The van der Waals surface area contributed by atoms with Crippen LogP contribution >= 0.6 is 34.5 Å². The fraction of sp³-hybridized carbons (Fsp3) is 0.333. The highest BCUT2D eigenvalue weighted by Gasteiger charge is 2.21. The zero-order valence-corrected chi connectivity index (χ0v) is 13.5. The van der Waals surface area contributed by atoms with E-state index in [-0.39, 0.29) is 12.1 Å². The minimum atomic E-state index is -0.159. The molecule has 0 radical (unpaired) electrons. The van der Waals surface area contributed by atoms with Crippen LogP contribution in [0.4, 0.5) is 0 Å². The van der Waals surface area contributed by atoms with Gasteiger partial charge < -0.3 is 10.5 Å². The van der Waals surface area contributed by atoms with E-state index in [1.54, 1.807) is 0 Å². The summed E-state index contributed by atoms with van der Waals surface area (Å²) in [6, 6.07) is 11.4. The summed E-state index contributed by atoms with van der Waals surface area (Å²) < 4.78 is 6.75. The molecular formula is C15H17Cl2NOS. The van der Waals surface area contributed by atoms with Crippen molar-refractivity contribution in [1.82, 2.24) is 0 Å². The number of thiophene rings is 1. The third-order valence-electron chi connectivity index (χ3n) is 3.11. The van der Waals surface area contributed by atoms with Gasteiger partial charge in [0.2, 0.25) is 0 Å². The van der Waals surface area contributed by atoms with E-state index >= 15 is 0 Å². The first-order valence-electron chi connectivity index (χ1n) is 6.47. The molecule has 2 unspecified atom stereocenters. The number of benzene rings is 1. The van der Waals surface area contributed by atoms with Gasteiger partial charge in [-0.2, -0.15) is 0 Å². The van der Waals surface area contributed by atoms with Crippen molar-refractivity contribution in [2.24, 2.45) is 5.73 Å². The maximum atomic E-state index is 6.17. The predicted molar refractivity (Wildman–Crippen MR) is 86.6 cm³/mol. The minimum absolute atomic E-state index is 0.0628. The van der Waals surface area contributed by atoms with Gasteiger partial charge in [0.25, 0.3) is 0 Å². The molecule has 0 bridgehead atoms. The molecule has 2 nitrogen and oxygen atoms in total. The molecule has 2 atom stereocenters. The second-order valence-electron chi connectivity index (χ2n) is 4.54. The van der Waals surface area contributed by atoms with Crippen LogP contribution in [-0.2, 0) is 11.3 Å². The molecular weight excluding hydrogens is 313 g/mol. The van der Waals surface area contributed by atoms with E-state index in [1.165, 1.54) is 11.3 Å². The SMILES string of the molecule is CCC(N)C(OCc1ccccc1Cl)c1ccc(Cl)s1. The van der Waals surface area contributed by atoms with Crippen molar-refractivity contribution in [2.75, 3.05) is 0 Å². The molecule has 0 spiro atoms. The van der Waals surface area contributed by atoms with Crippen LogP contribution in [0.5, 0.6) is 0 Å². The Hall–Kier alpha value is -0.580. The molecule has 0 saturated heterocycles. The van der Waals surface area contributed by atoms with Crippen LogP contribution in [0.1, 0.15) is 29.9 Å². The topological polar surface area (TPSA) is 35.2 Å². The molecule has 5 heteroatoms. The van der Waals surface area contributed by atoms with Gasteiger partial charge in [0.15, 0.2) is 0 Å². The summed E-state index contributed by atoms with van der Waals surface area (Å²) in [6.07, 6.45) is 0.677. The van der Waals surface area contributed by atoms with E-state index < -0.39 is 0 Å². The molecule has 0 amide bonds. The first-order valence-corrected chi connectivity index (χ1v) is 8.05. The van der Waals surface area contributed by atoms with Crippen LogP contribution in [0.25, 0.3) is 0 Å². The first-order chi connectivity index (χ1) is 9.61. The highest BCUT2D eigenvalue weighted by atomic mass is 35.5. The molecule has 0 aliphatic rings. The summed E-state index contributed by atoms with van der Waals surface area (Å²) in [5, 5.41) is 0.709. The van der Waals surface area contributed by atoms with Crippen LogP contribution < -0.4 is 5.73 Å². The number of halogens is 2. The molecule has 1 aromatic carbocycles. The standard InChI is InChI=1S/C15H17Cl2NOS/c1-2-12(18)15(13-7-8-14(17)20-13)19-9-10-5-3-4-6-11(10)16/h3-8,12,15H,2,9,18H2,1H3. The van der Waals surface area contributed by atoms with E-state index in [0.717, 1.165) is 21.2 Å². The van der Waals surface area contributed by atoms with Gasteiger partial charge in [-0.15, -0.1) is 11.3 Å².